The summed E-state index contributed by atoms with van der Waals surface area (Å²) < 4.78 is 35.9. The van der Waals surface area contributed by atoms with Crippen molar-refractivity contribution in [2.24, 2.45) is 0 Å². The molecule has 0 bridgehead atoms. The van der Waals surface area contributed by atoms with Crippen molar-refractivity contribution in [3.8, 4) is 0 Å². The van der Waals surface area contributed by atoms with Gasteiger partial charge in [-0.3, -0.25) is 4.90 Å². The number of aliphatic carboxylic acids is 1. The third-order valence-corrected chi connectivity index (χ3v) is 2.49. The monoisotopic (exact) mass is 299 g/mol. The number of hydrogen-bond donors (Lipinski definition) is 0. The number of carboxylic acids is 1. The third kappa shape index (κ3) is 17.3. The summed E-state index contributed by atoms with van der Waals surface area (Å²) in [5.74, 6) is -1.78. The first kappa shape index (κ1) is 24.3. The van der Waals surface area contributed by atoms with Crippen LogP contribution in [-0.2, 0) is 19.6 Å². The molecule has 0 aromatic carbocycles. The molecule has 0 amide bonds. The van der Waals surface area contributed by atoms with Crippen LogP contribution < -0.4 is 64.2 Å². The largest absolute Gasteiger partial charge is 1.00 e. The summed E-state index contributed by atoms with van der Waals surface area (Å²) in [6, 6.07) is 0. The van der Waals surface area contributed by atoms with Crippen LogP contribution >= 0.6 is 0 Å². The third-order valence-electron chi connectivity index (χ3n) is 1.70. The minimum Gasteiger partial charge on any atom is -0.748 e. The van der Waals surface area contributed by atoms with Gasteiger partial charge >= 0.3 is 59.1 Å². The van der Waals surface area contributed by atoms with Crippen LogP contribution in [0.15, 0.2) is 0 Å². The second-order valence-electron chi connectivity index (χ2n) is 3.16. The van der Waals surface area contributed by atoms with Crippen molar-refractivity contribution in [2.45, 2.75) is 13.3 Å². The van der Waals surface area contributed by atoms with Crippen LogP contribution in [0, 0.1) is 0 Å². The van der Waals surface area contributed by atoms with Crippen LogP contribution in [0.2, 0.25) is 0 Å². The molecule has 0 rings (SSSR count). The minimum absolute atomic E-state index is 0. The van der Waals surface area contributed by atoms with E-state index in [1.807, 2.05) is 0 Å². The van der Waals surface area contributed by atoms with Gasteiger partial charge < -0.3 is 19.2 Å². The van der Waals surface area contributed by atoms with Gasteiger partial charge in [-0.15, -0.1) is 0 Å². The summed E-state index contributed by atoms with van der Waals surface area (Å²) in [6.45, 7) is 2.06. The molecule has 96 valence electrons. The molecule has 7 nitrogen and oxygen atoms in total. The van der Waals surface area contributed by atoms with Crippen molar-refractivity contribution in [2.75, 3.05) is 32.2 Å². The average Bonchev–Trinajstić information content (AvgIpc) is 2.11. The Labute approximate surface area is 152 Å². The quantitative estimate of drug-likeness (QED) is 0.236. The van der Waals surface area contributed by atoms with Gasteiger partial charge in [0.05, 0.1) is 22.8 Å². The maximum atomic E-state index is 10.3. The van der Waals surface area contributed by atoms with E-state index in [9.17, 15) is 22.9 Å². The van der Waals surface area contributed by atoms with E-state index >= 15 is 0 Å². The van der Waals surface area contributed by atoms with Gasteiger partial charge in [0.1, 0.15) is 0 Å². The van der Waals surface area contributed by atoms with Gasteiger partial charge in [-0.2, -0.15) is 0 Å². The summed E-state index contributed by atoms with van der Waals surface area (Å²) in [6.07, 6.45) is 0.0756. The van der Waals surface area contributed by atoms with Crippen LogP contribution in [0.1, 0.15) is 13.3 Å². The van der Waals surface area contributed by atoms with Crippen LogP contribution in [-0.4, -0.2) is 56.0 Å². The molecule has 10 heteroatoms. The van der Waals surface area contributed by atoms with Crippen molar-refractivity contribution < 1.29 is 86.7 Å². The van der Waals surface area contributed by atoms with Gasteiger partial charge in [-0.05, 0) is 13.3 Å². The Morgan fingerprint density at radius 2 is 1.89 bits per heavy atom. The first-order valence-electron chi connectivity index (χ1n) is 4.78. The van der Waals surface area contributed by atoms with E-state index in [0.29, 0.717) is 6.61 Å². The van der Waals surface area contributed by atoms with Crippen molar-refractivity contribution in [3.63, 3.8) is 0 Å². The van der Waals surface area contributed by atoms with E-state index in [2.05, 4.69) is 0 Å². The van der Waals surface area contributed by atoms with E-state index in [0.717, 1.165) is 0 Å². The molecule has 0 aliphatic carbocycles. The second kappa shape index (κ2) is 13.3. The summed E-state index contributed by atoms with van der Waals surface area (Å²) in [7, 11) is -4.25. The molecule has 0 saturated heterocycles. The number of ether oxygens (including phenoxy) is 1. The van der Waals surface area contributed by atoms with Crippen molar-refractivity contribution >= 4 is 16.1 Å². The Balaban J connectivity index is -0.00000112. The number of hydrogen-bond acceptors (Lipinski definition) is 7. The number of carboxylic acid groups (broad SMARTS) is 1. The molecular formula is C8H15NNa2O6S. The van der Waals surface area contributed by atoms with Crippen LogP contribution in [0.5, 0.6) is 0 Å². The molecule has 0 radical (unpaired) electrons. The fourth-order valence-electron chi connectivity index (χ4n) is 1.06. The summed E-state index contributed by atoms with van der Waals surface area (Å²) in [4.78, 5) is 11.7. The van der Waals surface area contributed by atoms with Crippen LogP contribution in [0.3, 0.4) is 0 Å². The molecule has 0 aliphatic heterocycles. The number of carbonyl (C=O) groups is 1. The smallest absolute Gasteiger partial charge is 0.748 e. The van der Waals surface area contributed by atoms with E-state index in [1.165, 1.54) is 4.90 Å². The van der Waals surface area contributed by atoms with Gasteiger partial charge in [-0.25, -0.2) is 8.42 Å². The Morgan fingerprint density at radius 1 is 1.33 bits per heavy atom. The minimum atomic E-state index is -4.25. The second-order valence-corrected chi connectivity index (χ2v) is 4.69. The molecule has 18 heavy (non-hydrogen) atoms. The molecule has 0 heterocycles. The maximum absolute atomic E-state index is 10.3. The maximum Gasteiger partial charge on any atom is 1.00 e. The molecule has 0 N–H and O–H groups in total. The number of rotatable bonds is 9. The first-order valence-corrected chi connectivity index (χ1v) is 6.36. The molecule has 0 saturated carbocycles. The normalized spacial score (nSPS) is 10.6. The predicted octanol–water partition coefficient (Wildman–Crippen LogP) is -8.02. The van der Waals surface area contributed by atoms with Gasteiger partial charge in [-0.1, -0.05) is 0 Å². The topological polar surface area (TPSA) is 110 Å². The molecule has 0 spiro atoms. The van der Waals surface area contributed by atoms with Crippen LogP contribution in [0.25, 0.3) is 0 Å². The Hall–Kier alpha value is 1.30. The van der Waals surface area contributed by atoms with Gasteiger partial charge in [0.15, 0.2) is 0 Å². The molecule has 0 aromatic rings. The molecule has 0 fully saturated rings. The zero-order valence-corrected chi connectivity index (χ0v) is 15.9. The fraction of sp³-hybridized carbons (Fsp3) is 0.875. The van der Waals surface area contributed by atoms with Crippen molar-refractivity contribution in [1.29, 1.82) is 0 Å². The molecule has 0 aromatic heterocycles. The summed E-state index contributed by atoms with van der Waals surface area (Å²) in [5.41, 5.74) is 0. The average molecular weight is 299 g/mol. The Kier molecular flexibility index (Phi) is 18.0. The van der Waals surface area contributed by atoms with Crippen LogP contribution in [0.4, 0.5) is 0 Å². The van der Waals surface area contributed by atoms with E-state index in [4.69, 9.17) is 4.74 Å². The summed E-state index contributed by atoms with van der Waals surface area (Å²) in [5, 5.41) is 10.3. The molecule has 0 atom stereocenters. The fourth-order valence-corrected chi connectivity index (χ4v) is 1.54. The number of nitrogens with zero attached hydrogens (tertiary/aromatic N) is 1. The van der Waals surface area contributed by atoms with Crippen molar-refractivity contribution in [1.82, 2.24) is 4.90 Å². The molecule has 0 aliphatic rings. The zero-order chi connectivity index (χ0) is 12.6. The zero-order valence-electron chi connectivity index (χ0n) is 11.0. The van der Waals surface area contributed by atoms with Gasteiger partial charge in [0, 0.05) is 25.4 Å². The van der Waals surface area contributed by atoms with Gasteiger partial charge in [0.25, 0.3) is 0 Å². The van der Waals surface area contributed by atoms with Crippen molar-refractivity contribution in [3.05, 3.63) is 0 Å². The Bertz CT molecular complexity index is 311. The predicted molar refractivity (Wildman–Crippen MR) is 52.3 cm³/mol. The SMILES string of the molecule is CCOCN(CCCS(=O)(=O)[O-])CC(=O)[O-].[Na+].[Na+]. The van der Waals surface area contributed by atoms with Gasteiger partial charge in [0.2, 0.25) is 0 Å². The molecular weight excluding hydrogens is 284 g/mol. The van der Waals surface area contributed by atoms with E-state index < -0.39 is 21.8 Å². The Morgan fingerprint density at radius 3 is 2.28 bits per heavy atom. The standard InChI is InChI=1S/C8H17NO6S.2Na/c1-2-15-7-9(6-8(10)11)4-3-5-16(12,13)14;;/h2-7H2,1H3,(H,10,11)(H,12,13,14);;/q;2*+1/p-2. The first-order chi connectivity index (χ1) is 7.35. The van der Waals surface area contributed by atoms with E-state index in [1.54, 1.807) is 6.92 Å². The summed E-state index contributed by atoms with van der Waals surface area (Å²) >= 11 is 0. The van der Waals surface area contributed by atoms with E-state index in [-0.39, 0.29) is 85.4 Å². The number of carbonyl (C=O) groups excluding carboxylic acids is 1. The molecule has 0 unspecified atom stereocenters.